The van der Waals surface area contributed by atoms with E-state index in [0.717, 1.165) is 11.1 Å². The van der Waals surface area contributed by atoms with Gasteiger partial charge in [0.15, 0.2) is 0 Å². The zero-order valence-electron chi connectivity index (χ0n) is 17.8. The summed E-state index contributed by atoms with van der Waals surface area (Å²) in [7, 11) is 5.13. The molecule has 1 N–H and O–H groups in total. The van der Waals surface area contributed by atoms with E-state index < -0.39 is 0 Å². The Bertz CT molecular complexity index is 1030. The van der Waals surface area contributed by atoms with E-state index >= 15 is 0 Å². The van der Waals surface area contributed by atoms with E-state index in [1.165, 1.54) is 10.5 Å². The first kappa shape index (κ1) is 21.1. The van der Waals surface area contributed by atoms with Crippen molar-refractivity contribution in [1.29, 1.82) is 0 Å². The average Bonchev–Trinajstić information content (AvgIpc) is 3.16. The molecule has 0 unspecified atom stereocenters. The minimum absolute atomic E-state index is 0.107. The number of hydrogen-bond donors (Lipinski definition) is 1. The van der Waals surface area contributed by atoms with Crippen LogP contribution < -0.4 is 5.32 Å². The van der Waals surface area contributed by atoms with Crippen molar-refractivity contribution < 1.29 is 9.59 Å². The highest BCUT2D eigenvalue weighted by molar-refractivity contribution is 5.97. The Labute approximate surface area is 176 Å². The summed E-state index contributed by atoms with van der Waals surface area (Å²) in [5.74, 6) is -0.107. The zero-order chi connectivity index (χ0) is 21.7. The lowest BCUT2D eigenvalue weighted by molar-refractivity contribution is 0.0827. The van der Waals surface area contributed by atoms with Gasteiger partial charge in [-0.15, -0.1) is 0 Å². The number of anilines is 1. The molecule has 1 heterocycles. The Morgan fingerprint density at radius 3 is 2.47 bits per heavy atom. The molecule has 0 bridgehead atoms. The van der Waals surface area contributed by atoms with Crippen LogP contribution >= 0.6 is 0 Å². The van der Waals surface area contributed by atoms with Gasteiger partial charge in [0.25, 0.3) is 5.91 Å². The smallest absolute Gasteiger partial charge is 0.321 e. The van der Waals surface area contributed by atoms with E-state index in [2.05, 4.69) is 22.5 Å². The van der Waals surface area contributed by atoms with E-state index in [4.69, 9.17) is 0 Å². The molecule has 0 radical (unpaired) electrons. The number of nitrogens with zero attached hydrogens (tertiary/aromatic N) is 4. The highest BCUT2D eigenvalue weighted by Gasteiger charge is 2.14. The minimum Gasteiger partial charge on any atom is -0.345 e. The molecule has 0 spiro atoms. The van der Waals surface area contributed by atoms with Gasteiger partial charge in [-0.3, -0.25) is 9.48 Å². The maximum Gasteiger partial charge on any atom is 0.321 e. The number of carbonyl (C=O) groups excluding carboxylic acids is 2. The van der Waals surface area contributed by atoms with Gasteiger partial charge < -0.3 is 15.1 Å². The number of urea groups is 1. The Balaban J connectivity index is 1.63. The quantitative estimate of drug-likeness (QED) is 0.681. The molecule has 30 heavy (non-hydrogen) atoms. The second-order valence-electron chi connectivity index (χ2n) is 7.55. The van der Waals surface area contributed by atoms with Crippen molar-refractivity contribution in [3.63, 3.8) is 0 Å². The Morgan fingerprint density at radius 2 is 1.77 bits per heavy atom. The fourth-order valence-electron chi connectivity index (χ4n) is 3.05. The van der Waals surface area contributed by atoms with Crippen molar-refractivity contribution in [2.24, 2.45) is 0 Å². The molecule has 156 valence electrons. The topological polar surface area (TPSA) is 70.5 Å². The molecular formula is C23H27N5O2. The molecule has 0 saturated carbocycles. The van der Waals surface area contributed by atoms with Gasteiger partial charge in [-0.25, -0.2) is 4.79 Å². The van der Waals surface area contributed by atoms with Crippen LogP contribution in [0.3, 0.4) is 0 Å². The molecular weight excluding hydrogens is 378 g/mol. The van der Waals surface area contributed by atoms with Gasteiger partial charge in [-0.2, -0.15) is 5.10 Å². The molecule has 0 aliphatic rings. The van der Waals surface area contributed by atoms with Crippen LogP contribution in [0.2, 0.25) is 0 Å². The predicted octanol–water partition coefficient (Wildman–Crippen LogP) is 3.61. The maximum atomic E-state index is 12.7. The summed E-state index contributed by atoms with van der Waals surface area (Å²) in [6.07, 6.45) is 3.72. The van der Waals surface area contributed by atoms with E-state index in [1.807, 2.05) is 42.1 Å². The third kappa shape index (κ3) is 5.26. The van der Waals surface area contributed by atoms with Gasteiger partial charge in [-0.1, -0.05) is 36.4 Å². The first-order valence-electron chi connectivity index (χ1n) is 9.73. The van der Waals surface area contributed by atoms with Crippen LogP contribution in [0.25, 0.3) is 0 Å². The van der Waals surface area contributed by atoms with Gasteiger partial charge in [0.05, 0.1) is 19.3 Å². The summed E-state index contributed by atoms with van der Waals surface area (Å²) >= 11 is 0. The normalized spacial score (nSPS) is 10.5. The van der Waals surface area contributed by atoms with E-state index in [1.54, 1.807) is 44.4 Å². The fraction of sp³-hybridized carbons (Fsp3) is 0.261. The minimum atomic E-state index is -0.247. The molecule has 2 aromatic carbocycles. The van der Waals surface area contributed by atoms with Gasteiger partial charge in [-0.05, 0) is 30.2 Å². The molecule has 3 aromatic rings. The largest absolute Gasteiger partial charge is 0.345 e. The second kappa shape index (κ2) is 9.26. The molecule has 0 aliphatic heterocycles. The third-order valence-corrected chi connectivity index (χ3v) is 4.77. The lowest BCUT2D eigenvalue weighted by atomic mass is 10.1. The van der Waals surface area contributed by atoms with Crippen LogP contribution in [0.4, 0.5) is 10.5 Å². The van der Waals surface area contributed by atoms with Crippen LogP contribution in [0, 0.1) is 6.92 Å². The summed E-state index contributed by atoms with van der Waals surface area (Å²) in [5.41, 5.74) is 4.16. The first-order chi connectivity index (χ1) is 14.3. The van der Waals surface area contributed by atoms with E-state index in [9.17, 15) is 9.59 Å². The SMILES string of the molecule is Cc1ccc(C(=O)N(C)C)cc1NC(=O)N(C)Cc1cnn(Cc2ccccc2)c1. The third-order valence-electron chi connectivity index (χ3n) is 4.77. The van der Waals surface area contributed by atoms with Gasteiger partial charge in [0, 0.05) is 44.2 Å². The Kier molecular flexibility index (Phi) is 6.51. The van der Waals surface area contributed by atoms with Crippen LogP contribution in [0.15, 0.2) is 60.9 Å². The van der Waals surface area contributed by atoms with E-state index in [0.29, 0.717) is 24.3 Å². The van der Waals surface area contributed by atoms with Crippen LogP contribution in [0.1, 0.15) is 27.0 Å². The number of aromatic nitrogens is 2. The predicted molar refractivity (Wildman–Crippen MR) is 117 cm³/mol. The van der Waals surface area contributed by atoms with Crippen molar-refractivity contribution in [3.8, 4) is 0 Å². The van der Waals surface area contributed by atoms with Gasteiger partial charge in [0.1, 0.15) is 0 Å². The van der Waals surface area contributed by atoms with Crippen molar-refractivity contribution >= 4 is 17.6 Å². The number of rotatable bonds is 6. The van der Waals surface area contributed by atoms with Crippen LogP contribution in [0.5, 0.6) is 0 Å². The summed E-state index contributed by atoms with van der Waals surface area (Å²) in [4.78, 5) is 28.0. The van der Waals surface area contributed by atoms with Gasteiger partial charge >= 0.3 is 6.03 Å². The highest BCUT2D eigenvalue weighted by atomic mass is 16.2. The van der Waals surface area contributed by atoms with Crippen LogP contribution in [-0.2, 0) is 13.1 Å². The summed E-state index contributed by atoms with van der Waals surface area (Å²) in [5, 5.41) is 7.29. The van der Waals surface area contributed by atoms with Crippen molar-refractivity contribution in [2.45, 2.75) is 20.0 Å². The van der Waals surface area contributed by atoms with Crippen molar-refractivity contribution in [1.82, 2.24) is 19.6 Å². The first-order valence-corrected chi connectivity index (χ1v) is 9.73. The lowest BCUT2D eigenvalue weighted by Gasteiger charge is -2.19. The summed E-state index contributed by atoms with van der Waals surface area (Å²) in [6.45, 7) is 3.01. The Hall–Kier alpha value is -3.61. The standard InChI is InChI=1S/C23H27N5O2/c1-17-10-11-20(22(29)26(2)3)12-21(17)25-23(30)27(4)14-19-13-24-28(16-19)15-18-8-6-5-7-9-18/h5-13,16H,14-15H2,1-4H3,(H,25,30). The number of amides is 3. The molecule has 7 nitrogen and oxygen atoms in total. The molecule has 0 aliphatic carbocycles. The molecule has 0 saturated heterocycles. The highest BCUT2D eigenvalue weighted by Crippen LogP contribution is 2.18. The van der Waals surface area contributed by atoms with Crippen molar-refractivity contribution in [3.05, 3.63) is 83.2 Å². The molecule has 3 amide bonds. The monoisotopic (exact) mass is 405 g/mol. The zero-order valence-corrected chi connectivity index (χ0v) is 17.8. The molecule has 1 aromatic heterocycles. The second-order valence-corrected chi connectivity index (χ2v) is 7.55. The number of hydrogen-bond acceptors (Lipinski definition) is 3. The number of aryl methyl sites for hydroxylation is 1. The maximum absolute atomic E-state index is 12.7. The number of nitrogens with one attached hydrogen (secondary N) is 1. The number of benzene rings is 2. The van der Waals surface area contributed by atoms with Gasteiger partial charge in [0.2, 0.25) is 0 Å². The van der Waals surface area contributed by atoms with Crippen LogP contribution in [-0.4, -0.2) is 52.7 Å². The van der Waals surface area contributed by atoms with Crippen molar-refractivity contribution in [2.75, 3.05) is 26.5 Å². The summed E-state index contributed by atoms with van der Waals surface area (Å²) < 4.78 is 1.86. The molecule has 0 fully saturated rings. The Morgan fingerprint density at radius 1 is 1.03 bits per heavy atom. The average molecular weight is 406 g/mol. The summed E-state index contributed by atoms with van der Waals surface area (Å²) in [6, 6.07) is 15.2. The molecule has 0 atom stereocenters. The molecule has 7 heteroatoms. The van der Waals surface area contributed by atoms with E-state index in [-0.39, 0.29) is 11.9 Å². The molecule has 3 rings (SSSR count). The number of carbonyl (C=O) groups is 2. The lowest BCUT2D eigenvalue weighted by Crippen LogP contribution is -2.31. The fourth-order valence-corrected chi connectivity index (χ4v) is 3.05.